The Bertz CT molecular complexity index is 254. The van der Waals surface area contributed by atoms with Crippen molar-refractivity contribution in [2.45, 2.75) is 11.4 Å². The third kappa shape index (κ3) is 1.74. The van der Waals surface area contributed by atoms with Gasteiger partial charge in [-0.1, -0.05) is 0 Å². The summed E-state index contributed by atoms with van der Waals surface area (Å²) >= 11 is 0. The Hall–Kier alpha value is -0.223. The second-order valence-corrected chi connectivity index (χ2v) is 3.64. The van der Waals surface area contributed by atoms with E-state index in [-0.39, 0.29) is 0 Å². The summed E-state index contributed by atoms with van der Waals surface area (Å²) in [7, 11) is -4.42. The van der Waals surface area contributed by atoms with Gasteiger partial charge < -0.3 is 3.87 Å². The van der Waals surface area contributed by atoms with Gasteiger partial charge in [0.15, 0.2) is 0 Å². The first-order valence-electron chi connectivity index (χ1n) is 2.10. The van der Waals surface area contributed by atoms with Crippen LogP contribution in [0.2, 0.25) is 0 Å². The van der Waals surface area contributed by atoms with Crippen molar-refractivity contribution >= 4 is 20.6 Å². The number of rotatable bonds is 2. The fraction of sp³-hybridized carbons (Fsp3) is 1.00. The molecule has 0 spiro atoms. The van der Waals surface area contributed by atoms with E-state index in [0.717, 1.165) is 0 Å². The average Bonchev–Trinajstić information content (AvgIpc) is 1.85. The van der Waals surface area contributed by atoms with Gasteiger partial charge in [-0.15, -0.1) is 0 Å². The van der Waals surface area contributed by atoms with Crippen LogP contribution in [0.15, 0.2) is 0 Å². The number of hydrogen-bond donors (Lipinski definition) is 0. The van der Waals surface area contributed by atoms with Crippen molar-refractivity contribution in [1.29, 1.82) is 0 Å². The lowest BCUT2D eigenvalue weighted by Crippen LogP contribution is -2.44. The van der Waals surface area contributed by atoms with Crippen LogP contribution >= 0.6 is 0 Å². The third-order valence-corrected chi connectivity index (χ3v) is 2.49. The molecular weight excluding hydrogens is 227 g/mol. The molecule has 71 valence electrons. The maximum Gasteiger partial charge on any atom is 0.472 e. The van der Waals surface area contributed by atoms with E-state index in [2.05, 4.69) is 3.87 Å². The second kappa shape index (κ2) is 2.92. The molecule has 3 nitrogen and oxygen atoms in total. The van der Waals surface area contributed by atoms with E-state index in [1.165, 1.54) is 0 Å². The lowest BCUT2D eigenvalue weighted by atomic mass is 10.7. The third-order valence-electron chi connectivity index (χ3n) is 0.754. The van der Waals surface area contributed by atoms with Gasteiger partial charge in [0.05, 0.1) is 0 Å². The Morgan fingerprint density at radius 2 is 1.42 bits per heavy atom. The number of hydrogen-bond acceptors (Lipinski definition) is 3. The summed E-state index contributed by atoms with van der Waals surface area (Å²) in [6.07, 6.45) is -6.20. The number of halogens is 5. The van der Waals surface area contributed by atoms with Crippen molar-refractivity contribution in [2.24, 2.45) is 0 Å². The molecule has 0 saturated carbocycles. The summed E-state index contributed by atoms with van der Waals surface area (Å²) in [5.41, 5.74) is 0. The van der Waals surface area contributed by atoms with Crippen molar-refractivity contribution < 1.29 is 34.2 Å². The van der Waals surface area contributed by atoms with Crippen LogP contribution in [-0.4, -0.2) is 30.3 Å². The molecular formula is C2F5O3SSi. The van der Waals surface area contributed by atoms with E-state index in [1.54, 1.807) is 10.5 Å². The number of alkyl halides is 5. The SMILES string of the molecule is O=S(=O)(O[Si])C(F)(F)C(F)(F)F. The van der Waals surface area contributed by atoms with Crippen molar-refractivity contribution in [1.82, 2.24) is 0 Å². The van der Waals surface area contributed by atoms with Gasteiger partial charge in [-0.05, 0) is 0 Å². The fourth-order valence-electron chi connectivity index (χ4n) is 0.194. The van der Waals surface area contributed by atoms with Crippen LogP contribution in [0, 0.1) is 0 Å². The van der Waals surface area contributed by atoms with Gasteiger partial charge in [-0.25, -0.2) is 0 Å². The van der Waals surface area contributed by atoms with Crippen molar-refractivity contribution in [3.05, 3.63) is 0 Å². The van der Waals surface area contributed by atoms with E-state index < -0.39 is 21.5 Å². The van der Waals surface area contributed by atoms with Gasteiger partial charge in [0, 0.05) is 0 Å². The molecule has 0 aromatic heterocycles. The molecule has 0 aromatic carbocycles. The van der Waals surface area contributed by atoms with Gasteiger partial charge in [0.1, 0.15) is 0 Å². The normalized spacial score (nSPS) is 14.8. The molecule has 10 heteroatoms. The van der Waals surface area contributed by atoms with Gasteiger partial charge in [-0.3, -0.25) is 0 Å². The first kappa shape index (κ1) is 11.8. The fourth-order valence-corrected chi connectivity index (χ4v) is 0.896. The van der Waals surface area contributed by atoms with Crippen LogP contribution in [0.4, 0.5) is 22.0 Å². The summed E-state index contributed by atoms with van der Waals surface area (Å²) in [5, 5.41) is -5.91. The van der Waals surface area contributed by atoms with E-state index in [9.17, 15) is 30.4 Å². The summed E-state index contributed by atoms with van der Waals surface area (Å²) in [5.74, 6) is 0. The molecule has 0 amide bonds. The molecule has 12 heavy (non-hydrogen) atoms. The largest absolute Gasteiger partial charge is 0.472 e. The van der Waals surface area contributed by atoms with E-state index in [1.807, 2.05) is 0 Å². The maximum absolute atomic E-state index is 11.8. The Kier molecular flexibility index (Phi) is 2.87. The van der Waals surface area contributed by atoms with Crippen LogP contribution in [0.25, 0.3) is 0 Å². The quantitative estimate of drug-likeness (QED) is 0.511. The van der Waals surface area contributed by atoms with Crippen molar-refractivity contribution in [3.8, 4) is 0 Å². The predicted octanol–water partition coefficient (Wildman–Crippen LogP) is 0.571. The van der Waals surface area contributed by atoms with Gasteiger partial charge in [0.2, 0.25) is 0 Å². The Balaban J connectivity index is 5.14. The van der Waals surface area contributed by atoms with Gasteiger partial charge >= 0.3 is 21.5 Å². The predicted molar refractivity (Wildman–Crippen MR) is 26.8 cm³/mol. The Labute approximate surface area is 67.2 Å². The second-order valence-electron chi connectivity index (χ2n) is 1.55. The highest BCUT2D eigenvalue weighted by Crippen LogP contribution is 2.40. The molecule has 0 bridgehead atoms. The first-order valence-corrected chi connectivity index (χ1v) is 3.92. The molecule has 0 aromatic rings. The minimum Gasteiger partial charge on any atom is -0.312 e. The molecule has 0 atom stereocenters. The van der Waals surface area contributed by atoms with Crippen molar-refractivity contribution in [2.75, 3.05) is 0 Å². The minimum atomic E-state index is -6.20. The van der Waals surface area contributed by atoms with Gasteiger partial charge in [0.25, 0.3) is 10.5 Å². The first-order chi connectivity index (χ1) is 5.06. The molecule has 0 aliphatic carbocycles. The summed E-state index contributed by atoms with van der Waals surface area (Å²) in [4.78, 5) is 0. The molecule has 0 heterocycles. The maximum atomic E-state index is 11.8. The van der Waals surface area contributed by atoms with Crippen LogP contribution in [0.3, 0.4) is 0 Å². The van der Waals surface area contributed by atoms with Crippen LogP contribution in [-0.2, 0) is 14.0 Å². The van der Waals surface area contributed by atoms with Crippen molar-refractivity contribution in [3.63, 3.8) is 0 Å². The lowest BCUT2D eigenvalue weighted by Gasteiger charge is -2.17. The molecule has 0 rings (SSSR count). The zero-order valence-electron chi connectivity index (χ0n) is 5.02. The van der Waals surface area contributed by atoms with E-state index >= 15 is 0 Å². The zero-order valence-corrected chi connectivity index (χ0v) is 6.84. The van der Waals surface area contributed by atoms with Crippen LogP contribution < -0.4 is 0 Å². The summed E-state index contributed by atoms with van der Waals surface area (Å²) in [6, 6.07) is 0. The molecule has 0 N–H and O–H groups in total. The topological polar surface area (TPSA) is 43.4 Å². The van der Waals surface area contributed by atoms with Crippen LogP contribution in [0.5, 0.6) is 0 Å². The van der Waals surface area contributed by atoms with Crippen LogP contribution in [0.1, 0.15) is 0 Å². The molecule has 0 unspecified atom stereocenters. The molecule has 0 fully saturated rings. The smallest absolute Gasteiger partial charge is 0.312 e. The summed E-state index contributed by atoms with van der Waals surface area (Å²) < 4.78 is 80.2. The van der Waals surface area contributed by atoms with E-state index in [0.29, 0.717) is 0 Å². The Morgan fingerprint density at radius 3 is 1.50 bits per heavy atom. The minimum absolute atomic E-state index is 1.58. The lowest BCUT2D eigenvalue weighted by molar-refractivity contribution is -0.243. The highest BCUT2D eigenvalue weighted by Gasteiger charge is 2.67. The highest BCUT2D eigenvalue weighted by atomic mass is 32.2. The standard InChI is InChI=1S/C2F5O3SSi/c3-1(4,5)2(6,7)11(8,9)10-12. The molecule has 0 aliphatic rings. The zero-order chi connectivity index (χ0) is 10.2. The molecule has 3 radical (unpaired) electrons. The highest BCUT2D eigenvalue weighted by molar-refractivity contribution is 7.88. The molecule has 0 saturated heterocycles. The summed E-state index contributed by atoms with van der Waals surface area (Å²) in [6.45, 7) is 0. The van der Waals surface area contributed by atoms with Gasteiger partial charge in [-0.2, -0.15) is 30.4 Å². The Morgan fingerprint density at radius 1 is 1.08 bits per heavy atom. The molecule has 0 aliphatic heterocycles. The average molecular weight is 227 g/mol. The van der Waals surface area contributed by atoms with E-state index in [4.69, 9.17) is 0 Å². The monoisotopic (exact) mass is 227 g/mol.